The zero-order valence-electron chi connectivity index (χ0n) is 19.1. The van der Waals surface area contributed by atoms with Gasteiger partial charge >= 0.3 is 0 Å². The van der Waals surface area contributed by atoms with Crippen molar-refractivity contribution in [3.05, 3.63) is 84.4 Å². The van der Waals surface area contributed by atoms with E-state index in [9.17, 15) is 14.4 Å². The van der Waals surface area contributed by atoms with Crippen molar-refractivity contribution in [3.8, 4) is 16.9 Å². The molecule has 2 aliphatic rings. The van der Waals surface area contributed by atoms with Gasteiger partial charge in [0, 0.05) is 5.56 Å². The SMILES string of the molecule is C[C@@H]1CC[C@@H]2C(=O)N(c3ccccc3OCC(=O)c3ccc(-c4ccccc4)cc3)C(=O)[C@@H]2C1. The number of ketones is 1. The van der Waals surface area contributed by atoms with Gasteiger partial charge in [0.1, 0.15) is 5.75 Å². The maximum Gasteiger partial charge on any atom is 0.237 e. The lowest BCUT2D eigenvalue weighted by Crippen LogP contribution is -2.31. The minimum atomic E-state index is -0.255. The molecule has 5 nitrogen and oxygen atoms in total. The van der Waals surface area contributed by atoms with Crippen LogP contribution in [-0.4, -0.2) is 24.2 Å². The summed E-state index contributed by atoms with van der Waals surface area (Å²) >= 11 is 0. The van der Waals surface area contributed by atoms with E-state index >= 15 is 0 Å². The van der Waals surface area contributed by atoms with Crippen LogP contribution in [0, 0.1) is 17.8 Å². The molecule has 0 N–H and O–H groups in total. The number of fused-ring (bicyclic) bond motifs is 1. The molecule has 34 heavy (non-hydrogen) atoms. The number of para-hydroxylation sites is 2. The molecule has 0 unspecified atom stereocenters. The number of rotatable bonds is 6. The van der Waals surface area contributed by atoms with Gasteiger partial charge < -0.3 is 4.74 Å². The molecule has 1 heterocycles. The zero-order valence-corrected chi connectivity index (χ0v) is 19.1. The Morgan fingerprint density at radius 3 is 2.24 bits per heavy atom. The molecule has 3 aromatic carbocycles. The van der Waals surface area contributed by atoms with Gasteiger partial charge in [0.15, 0.2) is 12.4 Å². The van der Waals surface area contributed by atoms with Crippen LogP contribution in [0.5, 0.6) is 5.75 Å². The average Bonchev–Trinajstić information content (AvgIpc) is 3.12. The van der Waals surface area contributed by atoms with Crippen LogP contribution in [-0.2, 0) is 9.59 Å². The summed E-state index contributed by atoms with van der Waals surface area (Å²) in [7, 11) is 0. The smallest absolute Gasteiger partial charge is 0.237 e. The molecule has 2 fully saturated rings. The van der Waals surface area contributed by atoms with Crippen molar-refractivity contribution >= 4 is 23.3 Å². The fourth-order valence-corrected chi connectivity index (χ4v) is 5.10. The van der Waals surface area contributed by atoms with Crippen molar-refractivity contribution in [2.45, 2.75) is 26.2 Å². The first-order valence-corrected chi connectivity index (χ1v) is 11.8. The summed E-state index contributed by atoms with van der Waals surface area (Å²) in [6.07, 6.45) is 2.45. The Bertz CT molecular complexity index is 1220. The van der Waals surface area contributed by atoms with Crippen molar-refractivity contribution in [3.63, 3.8) is 0 Å². The fraction of sp³-hybridized carbons (Fsp3) is 0.276. The third-order valence-corrected chi connectivity index (χ3v) is 6.97. The lowest BCUT2D eigenvalue weighted by molar-refractivity contribution is -0.122. The molecule has 1 aliphatic carbocycles. The highest BCUT2D eigenvalue weighted by molar-refractivity contribution is 6.22. The van der Waals surface area contributed by atoms with Gasteiger partial charge in [-0.3, -0.25) is 14.4 Å². The van der Waals surface area contributed by atoms with Gasteiger partial charge in [-0.2, -0.15) is 0 Å². The minimum absolute atomic E-state index is 0.152. The zero-order chi connectivity index (χ0) is 23.7. The van der Waals surface area contributed by atoms with Crippen molar-refractivity contribution in [2.75, 3.05) is 11.5 Å². The van der Waals surface area contributed by atoms with Gasteiger partial charge in [-0.05, 0) is 48.4 Å². The Balaban J connectivity index is 1.30. The van der Waals surface area contributed by atoms with E-state index in [1.54, 1.807) is 36.4 Å². The number of carbonyl (C=O) groups excluding carboxylic acids is 3. The summed E-state index contributed by atoms with van der Waals surface area (Å²) in [5.74, 6) is -0.173. The summed E-state index contributed by atoms with van der Waals surface area (Å²) < 4.78 is 5.86. The normalized spacial score (nSPS) is 21.9. The summed E-state index contributed by atoms with van der Waals surface area (Å²) in [6.45, 7) is 1.95. The monoisotopic (exact) mass is 453 g/mol. The second-order valence-electron chi connectivity index (χ2n) is 9.27. The van der Waals surface area contributed by atoms with Gasteiger partial charge in [0.25, 0.3) is 0 Å². The maximum absolute atomic E-state index is 13.1. The molecule has 1 saturated heterocycles. The van der Waals surface area contributed by atoms with Crippen LogP contribution in [0.15, 0.2) is 78.9 Å². The molecule has 0 spiro atoms. The van der Waals surface area contributed by atoms with E-state index in [2.05, 4.69) is 6.92 Å². The number of hydrogen-bond acceptors (Lipinski definition) is 4. The molecule has 1 saturated carbocycles. The maximum atomic E-state index is 13.1. The number of carbonyl (C=O) groups is 3. The second-order valence-corrected chi connectivity index (χ2v) is 9.27. The molecule has 0 bridgehead atoms. The van der Waals surface area contributed by atoms with E-state index in [4.69, 9.17) is 4.74 Å². The van der Waals surface area contributed by atoms with Crippen LogP contribution in [0.1, 0.15) is 36.5 Å². The van der Waals surface area contributed by atoms with Gasteiger partial charge in [-0.1, -0.05) is 73.7 Å². The van der Waals surface area contributed by atoms with Crippen molar-refractivity contribution < 1.29 is 19.1 Å². The van der Waals surface area contributed by atoms with Gasteiger partial charge in [-0.25, -0.2) is 4.90 Å². The average molecular weight is 454 g/mol. The van der Waals surface area contributed by atoms with Crippen LogP contribution in [0.25, 0.3) is 11.1 Å². The molecule has 2 amide bonds. The lowest BCUT2D eigenvalue weighted by Gasteiger charge is -2.25. The number of Topliss-reactive ketones (excluding diaryl/α,β-unsaturated/α-hetero) is 1. The van der Waals surface area contributed by atoms with Crippen LogP contribution in [0.2, 0.25) is 0 Å². The highest BCUT2D eigenvalue weighted by Crippen LogP contribution is 2.44. The Morgan fingerprint density at radius 1 is 0.824 bits per heavy atom. The molecular formula is C29H27NO4. The predicted molar refractivity (Wildman–Crippen MR) is 131 cm³/mol. The van der Waals surface area contributed by atoms with E-state index in [1.807, 2.05) is 42.5 Å². The van der Waals surface area contributed by atoms with Gasteiger partial charge in [0.05, 0.1) is 17.5 Å². The molecular weight excluding hydrogens is 426 g/mol. The molecule has 172 valence electrons. The number of imide groups is 1. The van der Waals surface area contributed by atoms with E-state index in [-0.39, 0.29) is 36.0 Å². The Hall–Kier alpha value is -3.73. The quantitative estimate of drug-likeness (QED) is 0.363. The minimum Gasteiger partial charge on any atom is -0.483 e. The number of nitrogens with zero attached hydrogens (tertiary/aromatic N) is 1. The van der Waals surface area contributed by atoms with Crippen LogP contribution in [0.4, 0.5) is 5.69 Å². The standard InChI is InChI=1S/C29H27NO4/c1-19-11-16-23-24(17-19)29(33)30(28(23)32)25-9-5-6-10-27(25)34-18-26(31)22-14-12-21(13-15-22)20-7-3-2-4-8-20/h2-10,12-15,19,23-24H,11,16-18H2,1H3/t19-,23+,24-/m1/s1. The van der Waals surface area contributed by atoms with E-state index < -0.39 is 0 Å². The largest absolute Gasteiger partial charge is 0.483 e. The third kappa shape index (κ3) is 4.14. The van der Waals surface area contributed by atoms with Crippen molar-refractivity contribution in [1.82, 2.24) is 0 Å². The lowest BCUT2D eigenvalue weighted by atomic mass is 9.76. The first kappa shape index (κ1) is 22.1. The Labute approximate surface area is 199 Å². The molecule has 0 aromatic heterocycles. The number of benzene rings is 3. The van der Waals surface area contributed by atoms with Crippen molar-refractivity contribution in [1.29, 1.82) is 0 Å². The van der Waals surface area contributed by atoms with E-state index in [0.717, 1.165) is 30.4 Å². The Morgan fingerprint density at radius 2 is 1.47 bits per heavy atom. The third-order valence-electron chi connectivity index (χ3n) is 6.97. The number of ether oxygens (including phenoxy) is 1. The van der Waals surface area contributed by atoms with Gasteiger partial charge in [-0.15, -0.1) is 0 Å². The topological polar surface area (TPSA) is 63.7 Å². The first-order valence-electron chi connectivity index (χ1n) is 11.8. The summed E-state index contributed by atoms with van der Waals surface area (Å²) in [5.41, 5.74) is 3.09. The molecule has 5 heteroatoms. The molecule has 0 radical (unpaired) electrons. The highest BCUT2D eigenvalue weighted by Gasteiger charge is 2.50. The number of anilines is 1. The molecule has 3 aromatic rings. The van der Waals surface area contributed by atoms with E-state index in [1.165, 1.54) is 4.90 Å². The first-order chi connectivity index (χ1) is 16.5. The van der Waals surface area contributed by atoms with Crippen LogP contribution in [0.3, 0.4) is 0 Å². The molecule has 3 atom stereocenters. The van der Waals surface area contributed by atoms with Gasteiger partial charge in [0.2, 0.25) is 11.8 Å². The van der Waals surface area contributed by atoms with Crippen LogP contribution < -0.4 is 9.64 Å². The molecule has 5 rings (SSSR count). The van der Waals surface area contributed by atoms with Crippen LogP contribution >= 0.6 is 0 Å². The fourth-order valence-electron chi connectivity index (χ4n) is 5.10. The number of hydrogen-bond donors (Lipinski definition) is 0. The van der Waals surface area contributed by atoms with Crippen molar-refractivity contribution in [2.24, 2.45) is 17.8 Å². The summed E-state index contributed by atoms with van der Waals surface area (Å²) in [5, 5.41) is 0. The predicted octanol–water partition coefficient (Wildman–Crippen LogP) is 5.54. The highest BCUT2D eigenvalue weighted by atomic mass is 16.5. The van der Waals surface area contributed by atoms with E-state index in [0.29, 0.717) is 22.9 Å². The Kier molecular flexibility index (Phi) is 6.01. The molecule has 1 aliphatic heterocycles. The summed E-state index contributed by atoms with van der Waals surface area (Å²) in [4.78, 5) is 40.3. The second kappa shape index (κ2) is 9.26. The summed E-state index contributed by atoms with van der Waals surface area (Å²) in [6, 6.07) is 24.3. The number of amides is 2.